The van der Waals surface area contributed by atoms with Crippen molar-refractivity contribution in [1.29, 1.82) is 0 Å². The minimum absolute atomic E-state index is 0.330. The van der Waals surface area contributed by atoms with Crippen LogP contribution in [-0.2, 0) is 16.0 Å². The maximum atomic E-state index is 11.8. The zero-order chi connectivity index (χ0) is 13.1. The lowest BCUT2D eigenvalue weighted by Crippen LogP contribution is -2.03. The van der Waals surface area contributed by atoms with Crippen LogP contribution in [0.1, 0.15) is 10.4 Å². The van der Waals surface area contributed by atoms with E-state index in [1.165, 1.54) is 7.11 Å². The SMILES string of the molecule is COCCn1cc(C(=O)OC)c2c(Br)cccc21. The predicted octanol–water partition coefficient (Wildman–Crippen LogP) is 2.84. The number of nitrogens with zero attached hydrogens (tertiary/aromatic N) is 1. The van der Waals surface area contributed by atoms with E-state index in [1.807, 2.05) is 22.8 Å². The number of fused-ring (bicyclic) bond motifs is 1. The van der Waals surface area contributed by atoms with E-state index in [1.54, 1.807) is 13.3 Å². The van der Waals surface area contributed by atoms with Gasteiger partial charge in [0, 0.05) is 29.7 Å². The van der Waals surface area contributed by atoms with Gasteiger partial charge in [-0.25, -0.2) is 4.79 Å². The summed E-state index contributed by atoms with van der Waals surface area (Å²) >= 11 is 3.47. The van der Waals surface area contributed by atoms with Crippen molar-refractivity contribution in [2.75, 3.05) is 20.8 Å². The zero-order valence-corrected chi connectivity index (χ0v) is 11.9. The molecule has 0 amide bonds. The Morgan fingerprint density at radius 1 is 1.39 bits per heavy atom. The summed E-state index contributed by atoms with van der Waals surface area (Å²) in [6.07, 6.45) is 1.81. The third-order valence-electron chi connectivity index (χ3n) is 2.80. The molecule has 0 spiro atoms. The number of ether oxygens (including phenoxy) is 2. The molecule has 96 valence electrons. The molecule has 4 nitrogen and oxygen atoms in total. The molecule has 18 heavy (non-hydrogen) atoms. The first-order valence-corrected chi connectivity index (χ1v) is 6.33. The molecule has 2 rings (SSSR count). The molecule has 0 fully saturated rings. The molecule has 0 bridgehead atoms. The third kappa shape index (κ3) is 2.28. The molecule has 0 aliphatic carbocycles. The minimum Gasteiger partial charge on any atom is -0.465 e. The van der Waals surface area contributed by atoms with Crippen LogP contribution in [0, 0.1) is 0 Å². The second kappa shape index (κ2) is 5.54. The average molecular weight is 312 g/mol. The van der Waals surface area contributed by atoms with E-state index in [-0.39, 0.29) is 5.97 Å². The molecule has 0 atom stereocenters. The van der Waals surface area contributed by atoms with Gasteiger partial charge in [-0.2, -0.15) is 0 Å². The Kier molecular flexibility index (Phi) is 4.04. The lowest BCUT2D eigenvalue weighted by molar-refractivity contribution is 0.0602. The van der Waals surface area contributed by atoms with E-state index in [2.05, 4.69) is 15.9 Å². The van der Waals surface area contributed by atoms with E-state index < -0.39 is 0 Å². The summed E-state index contributed by atoms with van der Waals surface area (Å²) < 4.78 is 12.8. The van der Waals surface area contributed by atoms with Gasteiger partial charge in [0.1, 0.15) is 0 Å². The van der Waals surface area contributed by atoms with E-state index >= 15 is 0 Å². The monoisotopic (exact) mass is 311 g/mol. The van der Waals surface area contributed by atoms with Crippen molar-refractivity contribution in [2.45, 2.75) is 6.54 Å². The lowest BCUT2D eigenvalue weighted by atomic mass is 10.2. The molecule has 5 heteroatoms. The molecule has 0 unspecified atom stereocenters. The van der Waals surface area contributed by atoms with Crippen LogP contribution in [0.25, 0.3) is 10.9 Å². The Labute approximate surface area is 114 Å². The fraction of sp³-hybridized carbons (Fsp3) is 0.308. The van der Waals surface area contributed by atoms with E-state index in [4.69, 9.17) is 9.47 Å². The highest BCUT2D eigenvalue weighted by atomic mass is 79.9. The summed E-state index contributed by atoms with van der Waals surface area (Å²) in [6.45, 7) is 1.29. The average Bonchev–Trinajstić information content (AvgIpc) is 2.76. The van der Waals surface area contributed by atoms with Gasteiger partial charge < -0.3 is 14.0 Å². The fourth-order valence-electron chi connectivity index (χ4n) is 1.95. The van der Waals surface area contributed by atoms with Crippen LogP contribution in [0.15, 0.2) is 28.9 Å². The zero-order valence-electron chi connectivity index (χ0n) is 10.3. The van der Waals surface area contributed by atoms with Crippen LogP contribution >= 0.6 is 15.9 Å². The molecule has 0 saturated heterocycles. The molecular formula is C13H14BrNO3. The topological polar surface area (TPSA) is 40.5 Å². The molecule has 0 N–H and O–H groups in total. The van der Waals surface area contributed by atoms with Gasteiger partial charge in [-0.3, -0.25) is 0 Å². The van der Waals surface area contributed by atoms with E-state index in [0.717, 1.165) is 15.4 Å². The number of methoxy groups -OCH3 is 2. The number of rotatable bonds is 4. The van der Waals surface area contributed by atoms with Crippen LogP contribution in [0.3, 0.4) is 0 Å². The van der Waals surface area contributed by atoms with Gasteiger partial charge in [0.2, 0.25) is 0 Å². The molecule has 2 aromatic rings. The number of carbonyl (C=O) groups is 1. The maximum absolute atomic E-state index is 11.8. The Balaban J connectivity index is 2.60. The van der Waals surface area contributed by atoms with Crippen LogP contribution in [0.4, 0.5) is 0 Å². The molecule has 0 aliphatic heterocycles. The Morgan fingerprint density at radius 3 is 2.83 bits per heavy atom. The smallest absolute Gasteiger partial charge is 0.340 e. The van der Waals surface area contributed by atoms with Gasteiger partial charge in [0.05, 0.1) is 24.8 Å². The van der Waals surface area contributed by atoms with Gasteiger partial charge in [-0.1, -0.05) is 22.0 Å². The predicted molar refractivity (Wildman–Crippen MR) is 72.9 cm³/mol. The number of aromatic nitrogens is 1. The lowest BCUT2D eigenvalue weighted by Gasteiger charge is -2.04. The van der Waals surface area contributed by atoms with Crippen LogP contribution in [-0.4, -0.2) is 31.4 Å². The fourth-order valence-corrected chi connectivity index (χ4v) is 2.52. The Morgan fingerprint density at radius 2 is 2.17 bits per heavy atom. The van der Waals surface area contributed by atoms with Gasteiger partial charge >= 0.3 is 5.97 Å². The summed E-state index contributed by atoms with van der Waals surface area (Å²) in [5.41, 5.74) is 1.55. The van der Waals surface area contributed by atoms with Crippen molar-refractivity contribution >= 4 is 32.8 Å². The highest BCUT2D eigenvalue weighted by molar-refractivity contribution is 9.10. The first kappa shape index (κ1) is 13.1. The summed E-state index contributed by atoms with van der Waals surface area (Å²) in [6, 6.07) is 5.83. The summed E-state index contributed by atoms with van der Waals surface area (Å²) in [7, 11) is 3.04. The van der Waals surface area contributed by atoms with Crippen LogP contribution in [0.5, 0.6) is 0 Å². The standard InChI is InChI=1S/C13H14BrNO3/c1-17-7-6-15-8-9(13(16)18-2)12-10(14)4-3-5-11(12)15/h3-5,8H,6-7H2,1-2H3. The van der Waals surface area contributed by atoms with Gasteiger partial charge in [0.15, 0.2) is 0 Å². The van der Waals surface area contributed by atoms with Crippen LogP contribution in [0.2, 0.25) is 0 Å². The molecule has 1 aromatic heterocycles. The summed E-state index contributed by atoms with van der Waals surface area (Å²) in [5.74, 6) is -0.330. The maximum Gasteiger partial charge on any atom is 0.340 e. The van der Waals surface area contributed by atoms with Crippen molar-refractivity contribution in [3.63, 3.8) is 0 Å². The quantitative estimate of drug-likeness (QED) is 0.815. The van der Waals surface area contributed by atoms with Crippen molar-refractivity contribution in [2.24, 2.45) is 0 Å². The van der Waals surface area contributed by atoms with Crippen molar-refractivity contribution in [3.8, 4) is 0 Å². The summed E-state index contributed by atoms with van der Waals surface area (Å²) in [5, 5.41) is 0.875. The number of benzene rings is 1. The number of esters is 1. The first-order valence-electron chi connectivity index (χ1n) is 5.53. The van der Waals surface area contributed by atoms with Crippen molar-refractivity contribution in [1.82, 2.24) is 4.57 Å². The molecule has 0 aliphatic rings. The number of carbonyl (C=O) groups excluding carboxylic acids is 1. The van der Waals surface area contributed by atoms with Gasteiger partial charge in [-0.15, -0.1) is 0 Å². The Hall–Kier alpha value is -1.33. The largest absolute Gasteiger partial charge is 0.465 e. The summed E-state index contributed by atoms with van der Waals surface area (Å²) in [4.78, 5) is 11.8. The van der Waals surface area contributed by atoms with Crippen molar-refractivity contribution in [3.05, 3.63) is 34.4 Å². The van der Waals surface area contributed by atoms with E-state index in [0.29, 0.717) is 18.7 Å². The number of halogens is 1. The second-order valence-corrected chi connectivity index (χ2v) is 4.71. The van der Waals surface area contributed by atoms with Gasteiger partial charge in [-0.05, 0) is 12.1 Å². The van der Waals surface area contributed by atoms with E-state index in [9.17, 15) is 4.79 Å². The highest BCUT2D eigenvalue weighted by Gasteiger charge is 2.17. The Bertz CT molecular complexity index is 577. The molecule has 1 aromatic carbocycles. The number of hydrogen-bond donors (Lipinski definition) is 0. The second-order valence-electron chi connectivity index (χ2n) is 3.85. The first-order chi connectivity index (χ1) is 8.69. The van der Waals surface area contributed by atoms with Crippen LogP contribution < -0.4 is 0 Å². The normalized spacial score (nSPS) is 10.8. The minimum atomic E-state index is -0.330. The molecular weight excluding hydrogens is 298 g/mol. The molecule has 0 radical (unpaired) electrons. The third-order valence-corrected chi connectivity index (χ3v) is 3.46. The number of hydrogen-bond acceptors (Lipinski definition) is 3. The van der Waals surface area contributed by atoms with Crippen molar-refractivity contribution < 1.29 is 14.3 Å². The molecule has 1 heterocycles. The molecule has 0 saturated carbocycles. The highest BCUT2D eigenvalue weighted by Crippen LogP contribution is 2.29. The van der Waals surface area contributed by atoms with Gasteiger partial charge in [0.25, 0.3) is 0 Å².